The molecule has 0 fully saturated rings. The van der Waals surface area contributed by atoms with E-state index >= 15 is 0 Å². The number of rotatable bonds is 3. The van der Waals surface area contributed by atoms with E-state index in [1.165, 1.54) is 19.1 Å². The molecule has 8 heteroatoms. The Morgan fingerprint density at radius 3 is 2.24 bits per heavy atom. The van der Waals surface area contributed by atoms with E-state index in [0.717, 1.165) is 18.2 Å². The lowest BCUT2D eigenvalue weighted by Gasteiger charge is -2.11. The number of phenolic OH excluding ortho intramolecular Hbond substituents is 1. The van der Waals surface area contributed by atoms with Crippen molar-refractivity contribution in [3.8, 4) is 5.75 Å². The third-order valence-electron chi connectivity index (χ3n) is 2.70. The number of halogens is 3. The van der Waals surface area contributed by atoms with Crippen molar-refractivity contribution in [1.29, 1.82) is 0 Å². The molecule has 4 nitrogen and oxygen atoms in total. The van der Waals surface area contributed by atoms with Gasteiger partial charge in [-0.1, -0.05) is 23.2 Å². The zero-order valence-electron chi connectivity index (χ0n) is 10.7. The molecule has 0 amide bonds. The van der Waals surface area contributed by atoms with E-state index < -0.39 is 15.8 Å². The first-order valence-electron chi connectivity index (χ1n) is 5.67. The van der Waals surface area contributed by atoms with Crippen molar-refractivity contribution in [2.75, 3.05) is 4.72 Å². The predicted molar refractivity (Wildman–Crippen MR) is 80.1 cm³/mol. The normalized spacial score (nSPS) is 11.4. The highest BCUT2D eigenvalue weighted by Gasteiger charge is 2.18. The van der Waals surface area contributed by atoms with Crippen LogP contribution in [0.4, 0.5) is 10.1 Å². The number of anilines is 1. The summed E-state index contributed by atoms with van der Waals surface area (Å²) in [7, 11) is -3.92. The molecule has 2 N–H and O–H groups in total. The maximum atomic E-state index is 13.0. The summed E-state index contributed by atoms with van der Waals surface area (Å²) >= 11 is 11.5. The van der Waals surface area contributed by atoms with Gasteiger partial charge >= 0.3 is 0 Å². The molecular formula is C13H10Cl2FNO3S. The summed E-state index contributed by atoms with van der Waals surface area (Å²) in [5, 5.41) is 9.26. The maximum Gasteiger partial charge on any atom is 0.262 e. The highest BCUT2D eigenvalue weighted by atomic mass is 35.5. The Balaban J connectivity index is 2.42. The van der Waals surface area contributed by atoms with E-state index in [9.17, 15) is 17.9 Å². The SMILES string of the molecule is Cc1cc(F)ccc1S(=O)(=O)Nc1cc(Cl)c(O)c(Cl)c1. The molecule has 0 aliphatic carbocycles. The van der Waals surface area contributed by atoms with Crippen molar-refractivity contribution >= 4 is 38.9 Å². The monoisotopic (exact) mass is 349 g/mol. The van der Waals surface area contributed by atoms with Gasteiger partial charge in [-0.05, 0) is 42.8 Å². The van der Waals surface area contributed by atoms with Gasteiger partial charge in [0.15, 0.2) is 5.75 Å². The molecule has 0 saturated heterocycles. The van der Waals surface area contributed by atoms with Gasteiger partial charge in [-0.15, -0.1) is 0 Å². The molecule has 0 spiro atoms. The van der Waals surface area contributed by atoms with Crippen LogP contribution >= 0.6 is 23.2 Å². The number of hydrogen-bond donors (Lipinski definition) is 2. The number of phenols is 1. The van der Waals surface area contributed by atoms with Crippen LogP contribution in [-0.4, -0.2) is 13.5 Å². The van der Waals surface area contributed by atoms with E-state index in [2.05, 4.69) is 4.72 Å². The smallest absolute Gasteiger partial charge is 0.262 e. The Bertz CT molecular complexity index is 786. The summed E-state index contributed by atoms with van der Waals surface area (Å²) in [6.07, 6.45) is 0. The van der Waals surface area contributed by atoms with Gasteiger partial charge in [0.1, 0.15) is 5.82 Å². The van der Waals surface area contributed by atoms with Crippen LogP contribution in [0, 0.1) is 12.7 Å². The summed E-state index contributed by atoms with van der Waals surface area (Å²) in [5.74, 6) is -0.860. The standard InChI is InChI=1S/C13H10Cl2FNO3S/c1-7-4-8(16)2-3-12(7)21(19,20)17-9-5-10(14)13(18)11(15)6-9/h2-6,17-18H,1H3. The lowest BCUT2D eigenvalue weighted by Crippen LogP contribution is -2.14. The molecule has 0 unspecified atom stereocenters. The van der Waals surface area contributed by atoms with E-state index in [1.54, 1.807) is 0 Å². The number of aromatic hydroxyl groups is 1. The first-order valence-corrected chi connectivity index (χ1v) is 7.91. The molecule has 0 radical (unpaired) electrons. The Hall–Kier alpha value is -1.50. The van der Waals surface area contributed by atoms with Crippen LogP contribution in [-0.2, 0) is 10.0 Å². The van der Waals surface area contributed by atoms with Crippen molar-refractivity contribution in [2.45, 2.75) is 11.8 Å². The molecule has 0 aromatic heterocycles. The average Bonchev–Trinajstić information content (AvgIpc) is 2.34. The molecule has 0 aliphatic heterocycles. The minimum absolute atomic E-state index is 0.0655. The zero-order valence-corrected chi connectivity index (χ0v) is 13.0. The van der Waals surface area contributed by atoms with Gasteiger partial charge < -0.3 is 5.11 Å². The highest BCUT2D eigenvalue weighted by molar-refractivity contribution is 7.92. The van der Waals surface area contributed by atoms with Gasteiger partial charge in [-0.25, -0.2) is 12.8 Å². The number of nitrogens with one attached hydrogen (secondary N) is 1. The average molecular weight is 350 g/mol. The molecule has 0 atom stereocenters. The summed E-state index contributed by atoms with van der Waals surface area (Å²) in [6, 6.07) is 5.78. The number of hydrogen-bond acceptors (Lipinski definition) is 3. The maximum absolute atomic E-state index is 13.0. The summed E-state index contributed by atoms with van der Waals surface area (Å²) in [4.78, 5) is -0.0655. The third-order valence-corrected chi connectivity index (χ3v) is 4.81. The van der Waals surface area contributed by atoms with Gasteiger partial charge in [0.05, 0.1) is 20.6 Å². The minimum atomic E-state index is -3.92. The Morgan fingerprint density at radius 2 is 1.71 bits per heavy atom. The molecule has 2 aromatic carbocycles. The molecule has 21 heavy (non-hydrogen) atoms. The van der Waals surface area contributed by atoms with Crippen molar-refractivity contribution in [3.05, 3.63) is 51.8 Å². The van der Waals surface area contributed by atoms with E-state index in [1.807, 2.05) is 0 Å². The number of aryl methyl sites for hydroxylation is 1. The molecule has 112 valence electrons. The van der Waals surface area contributed by atoms with Crippen molar-refractivity contribution in [1.82, 2.24) is 0 Å². The number of sulfonamides is 1. The van der Waals surface area contributed by atoms with Gasteiger partial charge in [0, 0.05) is 0 Å². The fraction of sp³-hybridized carbons (Fsp3) is 0.0769. The van der Waals surface area contributed by atoms with Gasteiger partial charge in [0.25, 0.3) is 10.0 Å². The number of benzene rings is 2. The summed E-state index contributed by atoms with van der Waals surface area (Å²) in [6.45, 7) is 1.48. The summed E-state index contributed by atoms with van der Waals surface area (Å²) < 4.78 is 39.8. The Labute approximate surface area is 131 Å². The minimum Gasteiger partial charge on any atom is -0.505 e. The van der Waals surface area contributed by atoms with Crippen molar-refractivity contribution < 1.29 is 17.9 Å². The fourth-order valence-electron chi connectivity index (χ4n) is 1.75. The first-order chi connectivity index (χ1) is 9.70. The quantitative estimate of drug-likeness (QED) is 0.824. The molecule has 2 aromatic rings. The topological polar surface area (TPSA) is 66.4 Å². The van der Waals surface area contributed by atoms with E-state index in [-0.39, 0.29) is 31.9 Å². The third kappa shape index (κ3) is 3.40. The van der Waals surface area contributed by atoms with Crippen LogP contribution < -0.4 is 4.72 Å². The van der Waals surface area contributed by atoms with Crippen molar-refractivity contribution in [3.63, 3.8) is 0 Å². The van der Waals surface area contributed by atoms with Crippen LogP contribution in [0.15, 0.2) is 35.2 Å². The zero-order chi connectivity index (χ0) is 15.8. The van der Waals surface area contributed by atoms with Crippen LogP contribution in [0.2, 0.25) is 10.0 Å². The van der Waals surface area contributed by atoms with Crippen LogP contribution in [0.3, 0.4) is 0 Å². The fourth-order valence-corrected chi connectivity index (χ4v) is 3.50. The Kier molecular flexibility index (Phi) is 4.32. The first kappa shape index (κ1) is 15.9. The summed E-state index contributed by atoms with van der Waals surface area (Å²) in [5.41, 5.74) is 0.352. The Morgan fingerprint density at radius 1 is 1.14 bits per heavy atom. The second kappa shape index (κ2) is 5.71. The van der Waals surface area contributed by atoms with Crippen LogP contribution in [0.5, 0.6) is 5.75 Å². The van der Waals surface area contributed by atoms with Gasteiger partial charge in [-0.3, -0.25) is 4.72 Å². The van der Waals surface area contributed by atoms with Crippen LogP contribution in [0.1, 0.15) is 5.56 Å². The second-order valence-electron chi connectivity index (χ2n) is 4.30. The molecule has 0 aliphatic rings. The van der Waals surface area contributed by atoms with Gasteiger partial charge in [-0.2, -0.15) is 0 Å². The lowest BCUT2D eigenvalue weighted by molar-refractivity contribution is 0.476. The van der Waals surface area contributed by atoms with Crippen LogP contribution in [0.25, 0.3) is 0 Å². The predicted octanol–water partition coefficient (Wildman–Crippen LogP) is 3.95. The lowest BCUT2D eigenvalue weighted by atomic mass is 10.2. The van der Waals surface area contributed by atoms with Crippen molar-refractivity contribution in [2.24, 2.45) is 0 Å². The van der Waals surface area contributed by atoms with Gasteiger partial charge in [0.2, 0.25) is 0 Å². The molecule has 0 bridgehead atoms. The molecule has 0 heterocycles. The second-order valence-corrected chi connectivity index (χ2v) is 6.77. The van der Waals surface area contributed by atoms with E-state index in [4.69, 9.17) is 23.2 Å². The molecular weight excluding hydrogens is 340 g/mol. The molecule has 0 saturated carbocycles. The highest BCUT2D eigenvalue weighted by Crippen LogP contribution is 2.35. The van der Waals surface area contributed by atoms with E-state index in [0.29, 0.717) is 0 Å². The largest absolute Gasteiger partial charge is 0.505 e. The molecule has 2 rings (SSSR count).